The monoisotopic (exact) mass is 324 g/mol. The molecule has 0 spiro atoms. The number of unbranched alkanes of at least 4 members (excludes halogenated alkanes) is 2. The zero-order valence-electron chi connectivity index (χ0n) is 13.6. The van der Waals surface area contributed by atoms with E-state index < -0.39 is 13.8 Å². The van der Waals surface area contributed by atoms with Gasteiger partial charge in [-0.3, -0.25) is 13.6 Å². The Hall–Kier alpha value is -0.680. The van der Waals surface area contributed by atoms with Crippen LogP contribution in [0.1, 0.15) is 53.4 Å². The molecule has 1 N–H and O–H groups in total. The number of carbonyl (C=O) groups is 1. The minimum atomic E-state index is -3.28. The van der Waals surface area contributed by atoms with Crippen LogP contribution in [-0.4, -0.2) is 30.9 Å². The maximum absolute atomic E-state index is 11.9. The Kier molecular flexibility index (Phi) is 15.4. The van der Waals surface area contributed by atoms with Crippen molar-refractivity contribution in [1.82, 2.24) is 0 Å². The zero-order chi connectivity index (χ0) is 16.7. The molecule has 0 unspecified atom stereocenters. The van der Waals surface area contributed by atoms with Gasteiger partial charge in [-0.25, -0.2) is 9.36 Å². The molecule has 0 fully saturated rings. The number of rotatable bonds is 11. The molecule has 0 aromatic rings. The van der Waals surface area contributed by atoms with Crippen molar-refractivity contribution < 1.29 is 28.0 Å². The van der Waals surface area contributed by atoms with Crippen molar-refractivity contribution in [2.75, 3.05) is 19.8 Å². The van der Waals surface area contributed by atoms with Crippen molar-refractivity contribution in [1.29, 1.82) is 0 Å². The predicted octanol–water partition coefficient (Wildman–Crippen LogP) is 4.41. The molecule has 0 radical (unpaired) electrons. The Morgan fingerprint density at radius 2 is 1.43 bits per heavy atom. The first-order valence-electron chi connectivity index (χ1n) is 7.25. The molecule has 126 valence electrons. The topological polar surface area (TPSA) is 82.1 Å². The van der Waals surface area contributed by atoms with Crippen molar-refractivity contribution >= 4 is 13.8 Å². The van der Waals surface area contributed by atoms with E-state index in [1.807, 2.05) is 13.8 Å². The highest BCUT2D eigenvalue weighted by molar-refractivity contribution is 7.48. The zero-order valence-corrected chi connectivity index (χ0v) is 14.5. The van der Waals surface area contributed by atoms with Gasteiger partial charge in [0.15, 0.2) is 0 Å². The number of hydrogen-bond donors (Lipinski definition) is 1. The molecule has 0 rings (SSSR count). The normalized spacial score (nSPS) is 10.7. The SMILES string of the molecule is C=C(C)C(=O)O.CCCCOP(=O)(OCC)OCCCC. The summed E-state index contributed by atoms with van der Waals surface area (Å²) in [4.78, 5) is 9.60. The van der Waals surface area contributed by atoms with Crippen molar-refractivity contribution in [3.05, 3.63) is 12.2 Å². The summed E-state index contributed by atoms with van der Waals surface area (Å²) in [6.07, 6.45) is 3.74. The van der Waals surface area contributed by atoms with Gasteiger partial charge >= 0.3 is 13.8 Å². The largest absolute Gasteiger partial charge is 0.478 e. The Labute approximate surface area is 128 Å². The Morgan fingerprint density at radius 1 is 1.05 bits per heavy atom. The highest BCUT2D eigenvalue weighted by Crippen LogP contribution is 2.49. The highest BCUT2D eigenvalue weighted by atomic mass is 31.2. The second-order valence-corrected chi connectivity index (χ2v) is 5.99. The molecule has 0 bridgehead atoms. The van der Waals surface area contributed by atoms with Gasteiger partial charge in [-0.05, 0) is 26.7 Å². The molecule has 0 aromatic heterocycles. The molecule has 7 heteroatoms. The number of aliphatic carboxylic acids is 1. The lowest BCUT2D eigenvalue weighted by Gasteiger charge is -2.16. The smallest absolute Gasteiger partial charge is 0.474 e. The molecule has 0 heterocycles. The minimum Gasteiger partial charge on any atom is -0.478 e. The van der Waals surface area contributed by atoms with Gasteiger partial charge in [0.1, 0.15) is 0 Å². The van der Waals surface area contributed by atoms with E-state index in [0.29, 0.717) is 19.8 Å². The van der Waals surface area contributed by atoms with E-state index >= 15 is 0 Å². The summed E-state index contributed by atoms with van der Waals surface area (Å²) in [6, 6.07) is 0. The average molecular weight is 324 g/mol. The molecule has 0 aliphatic carbocycles. The Morgan fingerprint density at radius 3 is 1.67 bits per heavy atom. The first kappa shape index (κ1) is 22.6. The fourth-order valence-corrected chi connectivity index (χ4v) is 2.16. The van der Waals surface area contributed by atoms with E-state index in [0.717, 1.165) is 25.7 Å². The Bertz CT molecular complexity index is 303. The molecule has 0 aromatic carbocycles. The number of carboxylic acids is 1. The number of carboxylic acid groups (broad SMARTS) is 1. The van der Waals surface area contributed by atoms with E-state index in [-0.39, 0.29) is 5.57 Å². The molecule has 0 saturated carbocycles. The summed E-state index contributed by atoms with van der Waals surface area (Å²) < 4.78 is 27.3. The van der Waals surface area contributed by atoms with Gasteiger partial charge < -0.3 is 5.11 Å². The fraction of sp³-hybridized carbons (Fsp3) is 0.786. The number of phosphoric ester groups is 1. The van der Waals surface area contributed by atoms with Gasteiger partial charge in [-0.15, -0.1) is 0 Å². The second kappa shape index (κ2) is 14.3. The highest BCUT2D eigenvalue weighted by Gasteiger charge is 2.25. The summed E-state index contributed by atoms with van der Waals surface area (Å²) in [6.45, 7) is 11.7. The maximum Gasteiger partial charge on any atom is 0.474 e. The van der Waals surface area contributed by atoms with Crippen molar-refractivity contribution in [3.63, 3.8) is 0 Å². The molecule has 0 amide bonds. The van der Waals surface area contributed by atoms with E-state index in [9.17, 15) is 9.36 Å². The standard InChI is InChI=1S/C10H23O4P.C4H6O2/c1-4-7-9-13-15(11,12-6-3)14-10-8-5-2;1-3(2)4(5)6/h4-10H2,1-3H3;1H2,2H3,(H,5,6). The third-order valence-electron chi connectivity index (χ3n) is 2.15. The Balaban J connectivity index is 0. The third-order valence-corrected chi connectivity index (χ3v) is 3.72. The summed E-state index contributed by atoms with van der Waals surface area (Å²) >= 11 is 0. The molecular weight excluding hydrogens is 295 g/mol. The van der Waals surface area contributed by atoms with Crippen LogP contribution in [0, 0.1) is 0 Å². The molecule has 0 atom stereocenters. The van der Waals surface area contributed by atoms with Crippen LogP contribution < -0.4 is 0 Å². The molecule has 21 heavy (non-hydrogen) atoms. The first-order chi connectivity index (χ1) is 9.82. The fourth-order valence-electron chi connectivity index (χ4n) is 0.911. The summed E-state index contributed by atoms with van der Waals surface area (Å²) in [5.41, 5.74) is 0.176. The lowest BCUT2D eigenvalue weighted by atomic mass is 10.4. The van der Waals surface area contributed by atoms with E-state index in [4.69, 9.17) is 18.7 Å². The van der Waals surface area contributed by atoms with Crippen LogP contribution >= 0.6 is 7.82 Å². The summed E-state index contributed by atoms with van der Waals surface area (Å²) in [5, 5.41) is 7.89. The van der Waals surface area contributed by atoms with Gasteiger partial charge in [0.2, 0.25) is 0 Å². The molecule has 0 saturated heterocycles. The van der Waals surface area contributed by atoms with Crippen LogP contribution in [0.15, 0.2) is 12.2 Å². The second-order valence-electron chi connectivity index (χ2n) is 4.32. The number of hydrogen-bond acceptors (Lipinski definition) is 5. The lowest BCUT2D eigenvalue weighted by molar-refractivity contribution is -0.132. The minimum absolute atomic E-state index is 0.176. The molecule has 0 aliphatic heterocycles. The van der Waals surface area contributed by atoms with Gasteiger partial charge in [-0.2, -0.15) is 0 Å². The first-order valence-corrected chi connectivity index (χ1v) is 8.71. The van der Waals surface area contributed by atoms with Gasteiger partial charge in [0.05, 0.1) is 19.8 Å². The average Bonchev–Trinajstić information content (AvgIpc) is 2.40. The molecule has 6 nitrogen and oxygen atoms in total. The lowest BCUT2D eigenvalue weighted by Crippen LogP contribution is -2.02. The van der Waals surface area contributed by atoms with Crippen LogP contribution in [-0.2, 0) is 22.9 Å². The van der Waals surface area contributed by atoms with Crippen molar-refractivity contribution in [2.45, 2.75) is 53.4 Å². The van der Waals surface area contributed by atoms with E-state index in [1.54, 1.807) is 6.92 Å². The number of phosphoric acid groups is 1. The van der Waals surface area contributed by atoms with Crippen LogP contribution in [0.3, 0.4) is 0 Å². The maximum atomic E-state index is 11.9. The predicted molar refractivity (Wildman–Crippen MR) is 83.4 cm³/mol. The van der Waals surface area contributed by atoms with Crippen LogP contribution in [0.5, 0.6) is 0 Å². The third kappa shape index (κ3) is 15.5. The summed E-state index contributed by atoms with van der Waals surface area (Å²) in [5.74, 6) is -0.935. The van der Waals surface area contributed by atoms with E-state index in [2.05, 4.69) is 6.58 Å². The molecule has 0 aliphatic rings. The van der Waals surface area contributed by atoms with E-state index in [1.165, 1.54) is 6.92 Å². The van der Waals surface area contributed by atoms with Crippen LogP contribution in [0.2, 0.25) is 0 Å². The van der Waals surface area contributed by atoms with Crippen molar-refractivity contribution in [2.24, 2.45) is 0 Å². The van der Waals surface area contributed by atoms with Crippen LogP contribution in [0.25, 0.3) is 0 Å². The van der Waals surface area contributed by atoms with Gasteiger partial charge in [0, 0.05) is 5.57 Å². The van der Waals surface area contributed by atoms with Crippen LogP contribution in [0.4, 0.5) is 0 Å². The van der Waals surface area contributed by atoms with Gasteiger partial charge in [0.25, 0.3) is 0 Å². The summed E-state index contributed by atoms with van der Waals surface area (Å²) in [7, 11) is -3.28. The quantitative estimate of drug-likeness (QED) is 0.344. The molecular formula is C14H29O6P. The van der Waals surface area contributed by atoms with Gasteiger partial charge in [-0.1, -0.05) is 33.3 Å². The van der Waals surface area contributed by atoms with Crippen molar-refractivity contribution in [3.8, 4) is 0 Å².